The zero-order chi connectivity index (χ0) is 9.90. The van der Waals surface area contributed by atoms with Gasteiger partial charge >= 0.3 is 0 Å². The Morgan fingerprint density at radius 1 is 1.62 bits per heavy atom. The summed E-state index contributed by atoms with van der Waals surface area (Å²) >= 11 is 5.94. The Labute approximate surface area is 84.9 Å². The maximum Gasteiger partial charge on any atom is 0.147 e. The maximum atomic E-state index is 10.9. The number of hydrogen-bond donors (Lipinski definition) is 0. The molecule has 1 unspecified atom stereocenters. The molecular formula is C9H15ClO2S. The number of alkyl halides is 1. The lowest BCUT2D eigenvalue weighted by molar-refractivity contribution is 0.599. The molecule has 0 aromatic rings. The lowest BCUT2D eigenvalue weighted by Crippen LogP contribution is -2.08. The molecule has 0 spiro atoms. The van der Waals surface area contributed by atoms with E-state index >= 15 is 0 Å². The van der Waals surface area contributed by atoms with Crippen LogP contribution in [0.5, 0.6) is 0 Å². The molecule has 0 aliphatic heterocycles. The van der Waals surface area contributed by atoms with Gasteiger partial charge in [-0.3, -0.25) is 0 Å². The fourth-order valence-electron chi connectivity index (χ4n) is 1.47. The van der Waals surface area contributed by atoms with E-state index in [0.29, 0.717) is 6.42 Å². The van der Waals surface area contributed by atoms with E-state index < -0.39 is 9.84 Å². The second-order valence-electron chi connectivity index (χ2n) is 3.61. The van der Waals surface area contributed by atoms with Crippen LogP contribution >= 0.6 is 11.6 Å². The molecule has 0 aromatic carbocycles. The van der Waals surface area contributed by atoms with Crippen molar-refractivity contribution in [2.45, 2.75) is 31.1 Å². The van der Waals surface area contributed by atoms with Crippen LogP contribution in [0.25, 0.3) is 0 Å². The zero-order valence-electron chi connectivity index (χ0n) is 7.79. The van der Waals surface area contributed by atoms with Crippen LogP contribution in [-0.4, -0.2) is 25.8 Å². The molecule has 2 nitrogen and oxygen atoms in total. The topological polar surface area (TPSA) is 34.1 Å². The Hall–Kier alpha value is -0.0200. The first kappa shape index (κ1) is 11.1. The van der Waals surface area contributed by atoms with Gasteiger partial charge in [-0.2, -0.15) is 0 Å². The summed E-state index contributed by atoms with van der Waals surface area (Å²) in [7, 11) is -2.82. The normalized spacial score (nSPS) is 24.2. The molecule has 0 N–H and O–H groups in total. The fraction of sp³-hybridized carbons (Fsp3) is 0.778. The van der Waals surface area contributed by atoms with Gasteiger partial charge in [-0.1, -0.05) is 11.6 Å². The molecule has 1 atom stereocenters. The lowest BCUT2D eigenvalue weighted by Gasteiger charge is -2.15. The summed E-state index contributed by atoms with van der Waals surface area (Å²) in [6.07, 6.45) is 7.05. The summed E-state index contributed by atoms with van der Waals surface area (Å²) in [5, 5.41) is 0.114. The van der Waals surface area contributed by atoms with E-state index in [1.54, 1.807) is 0 Å². The summed E-state index contributed by atoms with van der Waals surface area (Å²) in [5.74, 6) is 0.252. The predicted molar refractivity (Wildman–Crippen MR) is 55.9 cm³/mol. The van der Waals surface area contributed by atoms with Crippen molar-refractivity contribution in [1.29, 1.82) is 0 Å². The summed E-state index contributed by atoms with van der Waals surface area (Å²) in [5.41, 5.74) is 1.21. The molecule has 0 heterocycles. The smallest absolute Gasteiger partial charge is 0.147 e. The molecule has 0 aromatic heterocycles. The number of rotatable bonds is 3. The maximum absolute atomic E-state index is 10.9. The van der Waals surface area contributed by atoms with Crippen LogP contribution in [0, 0.1) is 0 Å². The monoisotopic (exact) mass is 222 g/mol. The molecule has 0 saturated carbocycles. The van der Waals surface area contributed by atoms with E-state index in [2.05, 4.69) is 0 Å². The number of hydrogen-bond acceptors (Lipinski definition) is 2. The zero-order valence-corrected chi connectivity index (χ0v) is 9.37. The van der Waals surface area contributed by atoms with Crippen LogP contribution < -0.4 is 0 Å². The highest BCUT2D eigenvalue weighted by molar-refractivity contribution is 7.90. The summed E-state index contributed by atoms with van der Waals surface area (Å²) < 4.78 is 21.8. The molecule has 0 radical (unpaired) electrons. The van der Waals surface area contributed by atoms with Gasteiger partial charge in [0.25, 0.3) is 0 Å². The second-order valence-corrected chi connectivity index (χ2v) is 6.43. The molecule has 1 rings (SSSR count). The number of allylic oxidation sites excluding steroid dienone is 2. The van der Waals surface area contributed by atoms with E-state index in [-0.39, 0.29) is 11.1 Å². The molecule has 1 aliphatic rings. The van der Waals surface area contributed by atoms with Crippen molar-refractivity contribution in [1.82, 2.24) is 0 Å². The van der Waals surface area contributed by atoms with Crippen LogP contribution in [0.1, 0.15) is 25.7 Å². The average Bonchev–Trinajstić information content (AvgIpc) is 2.00. The van der Waals surface area contributed by atoms with E-state index in [9.17, 15) is 8.42 Å². The van der Waals surface area contributed by atoms with Crippen molar-refractivity contribution in [2.24, 2.45) is 0 Å². The first-order chi connectivity index (χ1) is 5.97. The number of halogens is 1. The molecule has 13 heavy (non-hydrogen) atoms. The number of sulfone groups is 1. The standard InChI is InChI=1S/C9H15ClO2S/c1-13(11,12)6-5-8-3-2-4-9(10)7-8/h7,9H,2-6H2,1H3. The average molecular weight is 223 g/mol. The predicted octanol–water partition coefficient (Wildman–Crippen LogP) is 2.14. The molecular weight excluding hydrogens is 208 g/mol. The Kier molecular flexibility index (Phi) is 3.80. The van der Waals surface area contributed by atoms with Gasteiger partial charge in [0, 0.05) is 6.26 Å². The van der Waals surface area contributed by atoms with E-state index in [4.69, 9.17) is 11.6 Å². The highest BCUT2D eigenvalue weighted by Crippen LogP contribution is 2.23. The minimum absolute atomic E-state index is 0.114. The van der Waals surface area contributed by atoms with Crippen LogP contribution in [-0.2, 0) is 9.84 Å². The van der Waals surface area contributed by atoms with Gasteiger partial charge in [0.15, 0.2) is 0 Å². The van der Waals surface area contributed by atoms with Crippen molar-refractivity contribution >= 4 is 21.4 Å². The molecule has 1 aliphatic carbocycles. The Balaban J connectivity index is 2.45. The van der Waals surface area contributed by atoms with Gasteiger partial charge in [0.05, 0.1) is 11.1 Å². The third kappa shape index (κ3) is 4.67. The van der Waals surface area contributed by atoms with Crippen LogP contribution in [0.4, 0.5) is 0 Å². The Morgan fingerprint density at radius 2 is 2.31 bits per heavy atom. The van der Waals surface area contributed by atoms with E-state index in [0.717, 1.165) is 19.3 Å². The van der Waals surface area contributed by atoms with E-state index in [1.807, 2.05) is 6.08 Å². The van der Waals surface area contributed by atoms with Crippen molar-refractivity contribution in [3.63, 3.8) is 0 Å². The fourth-order valence-corrected chi connectivity index (χ4v) is 2.44. The molecule has 4 heteroatoms. The van der Waals surface area contributed by atoms with Gasteiger partial charge in [-0.15, -0.1) is 11.6 Å². The largest absolute Gasteiger partial charge is 0.229 e. The first-order valence-corrected chi connectivity index (χ1v) is 6.98. The van der Waals surface area contributed by atoms with Crippen LogP contribution in [0.3, 0.4) is 0 Å². The molecule has 0 fully saturated rings. The van der Waals surface area contributed by atoms with Gasteiger partial charge in [0.1, 0.15) is 9.84 Å². The second kappa shape index (κ2) is 4.47. The molecule has 0 saturated heterocycles. The van der Waals surface area contributed by atoms with Gasteiger partial charge in [0.2, 0.25) is 0 Å². The van der Waals surface area contributed by atoms with Crippen molar-refractivity contribution in [3.05, 3.63) is 11.6 Å². The van der Waals surface area contributed by atoms with Crippen molar-refractivity contribution in [3.8, 4) is 0 Å². The van der Waals surface area contributed by atoms with Gasteiger partial charge in [-0.05, 0) is 25.7 Å². The minimum atomic E-state index is -2.82. The van der Waals surface area contributed by atoms with Crippen LogP contribution in [0.15, 0.2) is 11.6 Å². The van der Waals surface area contributed by atoms with E-state index in [1.165, 1.54) is 11.8 Å². The van der Waals surface area contributed by atoms with Gasteiger partial charge in [-0.25, -0.2) is 8.42 Å². The Morgan fingerprint density at radius 3 is 2.85 bits per heavy atom. The van der Waals surface area contributed by atoms with Crippen molar-refractivity contribution in [2.75, 3.05) is 12.0 Å². The van der Waals surface area contributed by atoms with Crippen LogP contribution in [0.2, 0.25) is 0 Å². The molecule has 0 bridgehead atoms. The molecule has 0 amide bonds. The Bertz CT molecular complexity index is 293. The summed E-state index contributed by atoms with van der Waals surface area (Å²) in [6.45, 7) is 0. The highest BCUT2D eigenvalue weighted by Gasteiger charge is 2.12. The highest BCUT2D eigenvalue weighted by atomic mass is 35.5. The lowest BCUT2D eigenvalue weighted by atomic mass is 9.98. The third-order valence-corrected chi connectivity index (χ3v) is 3.48. The third-order valence-electron chi connectivity index (χ3n) is 2.19. The summed E-state index contributed by atoms with van der Waals surface area (Å²) in [4.78, 5) is 0. The SMILES string of the molecule is CS(=O)(=O)CCC1=CC(Cl)CCC1. The summed E-state index contributed by atoms with van der Waals surface area (Å²) in [6, 6.07) is 0. The first-order valence-electron chi connectivity index (χ1n) is 4.49. The van der Waals surface area contributed by atoms with Gasteiger partial charge < -0.3 is 0 Å². The van der Waals surface area contributed by atoms with Crippen molar-refractivity contribution < 1.29 is 8.42 Å². The quantitative estimate of drug-likeness (QED) is 0.542. The minimum Gasteiger partial charge on any atom is -0.229 e. The molecule has 76 valence electrons.